The maximum atomic E-state index is 12.6. The number of rotatable bonds is 5. The topological polar surface area (TPSA) is 109 Å². The molecule has 0 aromatic carbocycles. The summed E-state index contributed by atoms with van der Waals surface area (Å²) < 4.78 is 0. The van der Waals surface area contributed by atoms with Crippen LogP contribution in [0.2, 0.25) is 0 Å². The van der Waals surface area contributed by atoms with Gasteiger partial charge in [0.25, 0.3) is 5.91 Å². The quantitative estimate of drug-likeness (QED) is 0.530. The van der Waals surface area contributed by atoms with E-state index in [9.17, 15) is 4.79 Å². The number of anilines is 1. The van der Waals surface area contributed by atoms with Crippen LogP contribution in [-0.2, 0) is 6.42 Å². The van der Waals surface area contributed by atoms with Gasteiger partial charge in [-0.05, 0) is 36.1 Å². The fourth-order valence-corrected chi connectivity index (χ4v) is 4.00. The molecule has 4 aromatic rings. The first-order valence-electron chi connectivity index (χ1n) is 10.1. The summed E-state index contributed by atoms with van der Waals surface area (Å²) in [6.07, 6.45) is 15.8. The van der Waals surface area contributed by atoms with Crippen molar-refractivity contribution < 1.29 is 4.79 Å². The summed E-state index contributed by atoms with van der Waals surface area (Å²) >= 11 is 0. The second kappa shape index (κ2) is 7.98. The zero-order valence-corrected chi connectivity index (χ0v) is 16.4. The van der Waals surface area contributed by atoms with Crippen LogP contribution in [0.4, 0.5) is 5.95 Å². The summed E-state index contributed by atoms with van der Waals surface area (Å²) in [5.74, 6) is 0.520. The summed E-state index contributed by atoms with van der Waals surface area (Å²) in [4.78, 5) is 37.1. The summed E-state index contributed by atoms with van der Waals surface area (Å²) in [7, 11) is 0. The molecule has 30 heavy (non-hydrogen) atoms. The molecule has 0 unspecified atom stereocenters. The number of hydrogen-bond donors (Lipinski definition) is 2. The first kappa shape index (κ1) is 18.4. The molecule has 150 valence electrons. The normalized spacial score (nSPS) is 14.3. The van der Waals surface area contributed by atoms with E-state index in [1.165, 1.54) is 19.2 Å². The zero-order valence-electron chi connectivity index (χ0n) is 16.4. The molecule has 0 radical (unpaired) electrons. The van der Waals surface area contributed by atoms with Gasteiger partial charge in [0.15, 0.2) is 0 Å². The summed E-state index contributed by atoms with van der Waals surface area (Å²) in [6.45, 7) is 0. The number of amides is 1. The second-order valence-corrected chi connectivity index (χ2v) is 7.60. The van der Waals surface area contributed by atoms with E-state index in [4.69, 9.17) is 0 Å². The van der Waals surface area contributed by atoms with Crippen LogP contribution in [0.5, 0.6) is 0 Å². The number of aromatic nitrogens is 6. The van der Waals surface area contributed by atoms with Crippen LogP contribution in [0, 0.1) is 0 Å². The number of nitrogens with one attached hydrogen (secondary N) is 2. The molecular formula is C22H21N7O. The lowest BCUT2D eigenvalue weighted by Gasteiger charge is -2.10. The molecule has 1 saturated carbocycles. The third-order valence-electron chi connectivity index (χ3n) is 5.58. The van der Waals surface area contributed by atoms with E-state index in [0.717, 1.165) is 40.7 Å². The van der Waals surface area contributed by atoms with Crippen LogP contribution in [0.15, 0.2) is 49.4 Å². The number of H-pyrrole nitrogens is 1. The van der Waals surface area contributed by atoms with Crippen molar-refractivity contribution in [1.29, 1.82) is 0 Å². The molecule has 4 heterocycles. The van der Waals surface area contributed by atoms with Crippen molar-refractivity contribution in [3.8, 4) is 0 Å². The third kappa shape index (κ3) is 3.76. The van der Waals surface area contributed by atoms with Crippen molar-refractivity contribution in [3.63, 3.8) is 0 Å². The van der Waals surface area contributed by atoms with Crippen LogP contribution in [-0.4, -0.2) is 35.8 Å². The van der Waals surface area contributed by atoms with Crippen molar-refractivity contribution in [3.05, 3.63) is 71.8 Å². The molecular weight excluding hydrogens is 378 g/mol. The Morgan fingerprint density at radius 3 is 2.77 bits per heavy atom. The molecule has 8 heteroatoms. The Hall–Kier alpha value is -3.68. The number of fused-ring (bicyclic) bond motifs is 1. The number of carbonyl (C=O) groups is 1. The minimum atomic E-state index is -0.224. The highest BCUT2D eigenvalue weighted by Gasteiger charge is 2.19. The first-order chi connectivity index (χ1) is 14.8. The lowest BCUT2D eigenvalue weighted by Crippen LogP contribution is -2.15. The van der Waals surface area contributed by atoms with E-state index >= 15 is 0 Å². The highest BCUT2D eigenvalue weighted by atomic mass is 16.1. The molecule has 4 aromatic heterocycles. The number of carbonyl (C=O) groups excluding carboxylic acids is 1. The molecule has 5 rings (SSSR count). The summed E-state index contributed by atoms with van der Waals surface area (Å²) in [6, 6.07) is 3.61. The van der Waals surface area contributed by atoms with Crippen LogP contribution in [0.25, 0.3) is 11.0 Å². The molecule has 1 fully saturated rings. The molecule has 8 nitrogen and oxygen atoms in total. The van der Waals surface area contributed by atoms with E-state index in [1.54, 1.807) is 30.9 Å². The first-order valence-corrected chi connectivity index (χ1v) is 10.1. The molecule has 0 atom stereocenters. The molecule has 2 N–H and O–H groups in total. The predicted molar refractivity (Wildman–Crippen MR) is 112 cm³/mol. The van der Waals surface area contributed by atoms with Gasteiger partial charge in [0.05, 0.1) is 0 Å². The van der Waals surface area contributed by atoms with Gasteiger partial charge >= 0.3 is 0 Å². The Morgan fingerprint density at radius 2 is 1.93 bits per heavy atom. The minimum Gasteiger partial charge on any atom is -0.346 e. The fourth-order valence-electron chi connectivity index (χ4n) is 4.00. The minimum absolute atomic E-state index is 0.224. The fraction of sp³-hybridized carbons (Fsp3) is 0.273. The monoisotopic (exact) mass is 399 g/mol. The van der Waals surface area contributed by atoms with Crippen LogP contribution >= 0.6 is 0 Å². The van der Waals surface area contributed by atoms with Crippen molar-refractivity contribution >= 4 is 22.9 Å². The van der Waals surface area contributed by atoms with Gasteiger partial charge in [0.2, 0.25) is 5.95 Å². The highest BCUT2D eigenvalue weighted by molar-refractivity contribution is 6.03. The lowest BCUT2D eigenvalue weighted by molar-refractivity contribution is 0.102. The maximum absolute atomic E-state index is 12.6. The van der Waals surface area contributed by atoms with Crippen molar-refractivity contribution in [1.82, 2.24) is 29.9 Å². The SMILES string of the molecule is O=C(Nc1ncc(Cc2c[nH]c3ncncc23)cn1)c1ccnc(C2CCCC2)c1. The third-order valence-corrected chi connectivity index (χ3v) is 5.58. The van der Waals surface area contributed by atoms with Crippen LogP contribution in [0.3, 0.4) is 0 Å². The van der Waals surface area contributed by atoms with Crippen LogP contribution in [0.1, 0.15) is 58.8 Å². The van der Waals surface area contributed by atoms with E-state index in [-0.39, 0.29) is 11.9 Å². The van der Waals surface area contributed by atoms with E-state index in [0.29, 0.717) is 17.9 Å². The van der Waals surface area contributed by atoms with E-state index in [1.807, 2.05) is 12.3 Å². The van der Waals surface area contributed by atoms with Gasteiger partial charge < -0.3 is 4.98 Å². The average Bonchev–Trinajstić information content (AvgIpc) is 3.46. The Kier molecular flexibility index (Phi) is 4.88. The summed E-state index contributed by atoms with van der Waals surface area (Å²) in [5.41, 5.74) is 4.39. The lowest BCUT2D eigenvalue weighted by atomic mass is 10.0. The highest BCUT2D eigenvalue weighted by Crippen LogP contribution is 2.33. The summed E-state index contributed by atoms with van der Waals surface area (Å²) in [5, 5.41) is 3.75. The maximum Gasteiger partial charge on any atom is 0.258 e. The molecule has 0 bridgehead atoms. The molecule has 1 aliphatic rings. The largest absolute Gasteiger partial charge is 0.346 e. The molecule has 1 amide bonds. The van der Waals surface area contributed by atoms with Gasteiger partial charge in [-0.1, -0.05) is 12.8 Å². The molecule has 1 aliphatic carbocycles. The van der Waals surface area contributed by atoms with Gasteiger partial charge in [-0.15, -0.1) is 0 Å². The average molecular weight is 399 g/mol. The van der Waals surface area contributed by atoms with Crippen molar-refractivity contribution in [2.24, 2.45) is 0 Å². The van der Waals surface area contributed by atoms with Gasteiger partial charge in [-0.25, -0.2) is 19.9 Å². The smallest absolute Gasteiger partial charge is 0.258 e. The number of pyridine rings is 1. The van der Waals surface area contributed by atoms with E-state index in [2.05, 4.69) is 35.2 Å². The number of aromatic amines is 1. The van der Waals surface area contributed by atoms with Crippen LogP contribution < -0.4 is 5.32 Å². The predicted octanol–water partition coefficient (Wildman–Crippen LogP) is 3.64. The number of hydrogen-bond acceptors (Lipinski definition) is 6. The van der Waals surface area contributed by atoms with Gasteiger partial charge in [0.1, 0.15) is 12.0 Å². The second-order valence-electron chi connectivity index (χ2n) is 7.60. The molecule has 0 spiro atoms. The van der Waals surface area contributed by atoms with Gasteiger partial charge in [-0.3, -0.25) is 15.1 Å². The Labute approximate surface area is 173 Å². The van der Waals surface area contributed by atoms with Crippen molar-refractivity contribution in [2.75, 3.05) is 5.32 Å². The molecule has 0 aliphatic heterocycles. The molecule has 0 saturated heterocycles. The van der Waals surface area contributed by atoms with E-state index < -0.39 is 0 Å². The van der Waals surface area contributed by atoms with Gasteiger partial charge in [-0.2, -0.15) is 0 Å². The Morgan fingerprint density at radius 1 is 1.10 bits per heavy atom. The zero-order chi connectivity index (χ0) is 20.3. The Bertz CT molecular complexity index is 1180. The standard InChI is InChI=1S/C22H21N7O/c30-21(16-5-6-24-19(8-16)15-3-1-2-4-15)29-22-26-9-14(10-27-22)7-17-11-25-20-18(17)12-23-13-28-20/h5-6,8-13,15H,1-4,7H2,(H,23,25,28)(H,26,27,29,30). The van der Waals surface area contributed by atoms with Gasteiger partial charge in [0, 0.05) is 60.0 Å². The number of nitrogens with zero attached hydrogens (tertiary/aromatic N) is 5. The van der Waals surface area contributed by atoms with Crippen molar-refractivity contribution in [2.45, 2.75) is 38.0 Å². The Balaban J connectivity index is 1.27.